The van der Waals surface area contributed by atoms with E-state index < -0.39 is 0 Å². The second-order valence-electron chi connectivity index (χ2n) is 5.49. The standard InChI is InChI=1S/C15H23N3O/c1-11-3-2-4-14(9-11)18-15(19)17-10-12-5-7-13(16)8-6-12/h2-4,9,12-13H,5-8,10,16H2,1H3,(H2,17,18,19). The minimum Gasteiger partial charge on any atom is -0.338 e. The number of urea groups is 1. The molecule has 4 nitrogen and oxygen atoms in total. The fourth-order valence-corrected chi connectivity index (χ4v) is 2.53. The first-order valence-electron chi connectivity index (χ1n) is 7.00. The van der Waals surface area contributed by atoms with Crippen LogP contribution in [0.1, 0.15) is 31.2 Å². The zero-order chi connectivity index (χ0) is 13.7. The number of nitrogens with one attached hydrogen (secondary N) is 2. The van der Waals surface area contributed by atoms with Crippen LogP contribution in [0.4, 0.5) is 10.5 Å². The maximum Gasteiger partial charge on any atom is 0.319 e. The van der Waals surface area contributed by atoms with Crippen LogP contribution in [0.2, 0.25) is 0 Å². The molecule has 1 aromatic carbocycles. The van der Waals surface area contributed by atoms with E-state index in [1.165, 1.54) is 0 Å². The Morgan fingerprint density at radius 2 is 2.05 bits per heavy atom. The Morgan fingerprint density at radius 1 is 1.32 bits per heavy atom. The number of hydrogen-bond acceptors (Lipinski definition) is 2. The molecule has 1 saturated carbocycles. The van der Waals surface area contributed by atoms with Gasteiger partial charge in [-0.15, -0.1) is 0 Å². The number of rotatable bonds is 3. The summed E-state index contributed by atoms with van der Waals surface area (Å²) in [5.74, 6) is 0.572. The van der Waals surface area contributed by atoms with Gasteiger partial charge in [-0.2, -0.15) is 0 Å². The molecule has 19 heavy (non-hydrogen) atoms. The Balaban J connectivity index is 1.73. The third kappa shape index (κ3) is 4.56. The Morgan fingerprint density at radius 3 is 2.74 bits per heavy atom. The molecule has 1 aliphatic carbocycles. The van der Waals surface area contributed by atoms with Gasteiger partial charge in [0.1, 0.15) is 0 Å². The van der Waals surface area contributed by atoms with Crippen molar-refractivity contribution in [1.82, 2.24) is 5.32 Å². The van der Waals surface area contributed by atoms with Crippen LogP contribution in [0.3, 0.4) is 0 Å². The number of amides is 2. The van der Waals surface area contributed by atoms with E-state index >= 15 is 0 Å². The van der Waals surface area contributed by atoms with E-state index in [1.54, 1.807) is 0 Å². The van der Waals surface area contributed by atoms with Crippen molar-refractivity contribution < 1.29 is 4.79 Å². The molecule has 0 unspecified atom stereocenters. The second-order valence-corrected chi connectivity index (χ2v) is 5.49. The molecule has 0 heterocycles. The summed E-state index contributed by atoms with van der Waals surface area (Å²) in [6.07, 6.45) is 4.38. The molecule has 0 aromatic heterocycles. The predicted octanol–water partition coefficient (Wildman–Crippen LogP) is 2.63. The first-order chi connectivity index (χ1) is 9.13. The number of carbonyl (C=O) groups is 1. The third-order valence-electron chi connectivity index (χ3n) is 3.72. The number of anilines is 1. The van der Waals surface area contributed by atoms with Crippen LogP contribution in [0.15, 0.2) is 24.3 Å². The minimum absolute atomic E-state index is 0.125. The molecule has 0 radical (unpaired) electrons. The van der Waals surface area contributed by atoms with Crippen LogP contribution >= 0.6 is 0 Å². The first kappa shape index (κ1) is 13.9. The summed E-state index contributed by atoms with van der Waals surface area (Å²) in [5, 5.41) is 5.80. The van der Waals surface area contributed by atoms with E-state index in [1.807, 2.05) is 31.2 Å². The van der Waals surface area contributed by atoms with Crippen molar-refractivity contribution in [2.75, 3.05) is 11.9 Å². The monoisotopic (exact) mass is 261 g/mol. The number of carbonyl (C=O) groups excluding carboxylic acids is 1. The fourth-order valence-electron chi connectivity index (χ4n) is 2.53. The Hall–Kier alpha value is -1.55. The van der Waals surface area contributed by atoms with Crippen molar-refractivity contribution in [3.8, 4) is 0 Å². The van der Waals surface area contributed by atoms with Crippen molar-refractivity contribution >= 4 is 11.7 Å². The van der Waals surface area contributed by atoms with Gasteiger partial charge in [-0.25, -0.2) is 4.79 Å². The van der Waals surface area contributed by atoms with Crippen LogP contribution in [0.25, 0.3) is 0 Å². The van der Waals surface area contributed by atoms with Crippen LogP contribution < -0.4 is 16.4 Å². The van der Waals surface area contributed by atoms with Crippen molar-refractivity contribution in [3.05, 3.63) is 29.8 Å². The Labute approximate surface area is 114 Å². The number of benzene rings is 1. The molecule has 0 spiro atoms. The molecule has 1 aromatic rings. The van der Waals surface area contributed by atoms with Crippen molar-refractivity contribution in [2.45, 2.75) is 38.6 Å². The van der Waals surface area contributed by atoms with E-state index in [-0.39, 0.29) is 6.03 Å². The van der Waals surface area contributed by atoms with Crippen LogP contribution in [-0.2, 0) is 0 Å². The number of aryl methyl sites for hydroxylation is 1. The molecular weight excluding hydrogens is 238 g/mol. The van der Waals surface area contributed by atoms with E-state index in [0.717, 1.165) is 43.5 Å². The van der Waals surface area contributed by atoms with E-state index in [4.69, 9.17) is 5.73 Å². The lowest BCUT2D eigenvalue weighted by Gasteiger charge is -2.26. The van der Waals surface area contributed by atoms with Crippen LogP contribution in [0.5, 0.6) is 0 Å². The summed E-state index contributed by atoms with van der Waals surface area (Å²) in [7, 11) is 0. The topological polar surface area (TPSA) is 67.2 Å². The van der Waals surface area contributed by atoms with Gasteiger partial charge in [-0.1, -0.05) is 12.1 Å². The minimum atomic E-state index is -0.125. The molecule has 4 heteroatoms. The molecule has 4 N–H and O–H groups in total. The highest BCUT2D eigenvalue weighted by molar-refractivity contribution is 5.89. The smallest absolute Gasteiger partial charge is 0.319 e. The maximum atomic E-state index is 11.8. The van der Waals surface area contributed by atoms with Gasteiger partial charge in [0, 0.05) is 18.3 Å². The summed E-state index contributed by atoms with van der Waals surface area (Å²) in [6.45, 7) is 2.75. The Kier molecular flexibility index (Phi) is 4.80. The average molecular weight is 261 g/mol. The highest BCUT2D eigenvalue weighted by Gasteiger charge is 2.18. The number of nitrogens with two attached hydrogens (primary N) is 1. The normalized spacial score (nSPS) is 22.8. The average Bonchev–Trinajstić information content (AvgIpc) is 2.38. The van der Waals surface area contributed by atoms with E-state index in [0.29, 0.717) is 12.0 Å². The maximum absolute atomic E-state index is 11.8. The van der Waals surface area contributed by atoms with Gasteiger partial charge in [-0.3, -0.25) is 0 Å². The van der Waals surface area contributed by atoms with Gasteiger partial charge in [0.15, 0.2) is 0 Å². The highest BCUT2D eigenvalue weighted by atomic mass is 16.2. The lowest BCUT2D eigenvalue weighted by Crippen LogP contribution is -2.36. The molecule has 0 atom stereocenters. The second kappa shape index (κ2) is 6.57. The Bertz CT molecular complexity index is 425. The van der Waals surface area contributed by atoms with Gasteiger partial charge in [0.05, 0.1) is 0 Å². The molecule has 1 fully saturated rings. The SMILES string of the molecule is Cc1cccc(NC(=O)NCC2CCC(N)CC2)c1. The molecule has 0 aliphatic heterocycles. The van der Waals surface area contributed by atoms with Crippen LogP contribution in [0, 0.1) is 12.8 Å². The molecule has 0 bridgehead atoms. The van der Waals surface area contributed by atoms with Gasteiger partial charge < -0.3 is 16.4 Å². The third-order valence-corrected chi connectivity index (χ3v) is 3.72. The van der Waals surface area contributed by atoms with Crippen molar-refractivity contribution in [3.63, 3.8) is 0 Å². The first-order valence-corrected chi connectivity index (χ1v) is 7.00. The van der Waals surface area contributed by atoms with Crippen LogP contribution in [-0.4, -0.2) is 18.6 Å². The molecule has 104 valence electrons. The van der Waals surface area contributed by atoms with Gasteiger partial charge >= 0.3 is 6.03 Å². The van der Waals surface area contributed by atoms with Gasteiger partial charge in [-0.05, 0) is 56.2 Å². The quantitative estimate of drug-likeness (QED) is 0.783. The molecule has 2 amide bonds. The lowest BCUT2D eigenvalue weighted by molar-refractivity contribution is 0.246. The predicted molar refractivity (Wildman–Crippen MR) is 78.1 cm³/mol. The zero-order valence-electron chi connectivity index (χ0n) is 11.5. The lowest BCUT2D eigenvalue weighted by atomic mass is 9.86. The van der Waals surface area contributed by atoms with Crippen molar-refractivity contribution in [2.24, 2.45) is 11.7 Å². The summed E-state index contributed by atoms with van der Waals surface area (Å²) < 4.78 is 0. The molecule has 2 rings (SSSR count). The summed E-state index contributed by atoms with van der Waals surface area (Å²) >= 11 is 0. The summed E-state index contributed by atoms with van der Waals surface area (Å²) in [6, 6.07) is 8.03. The summed E-state index contributed by atoms with van der Waals surface area (Å²) in [4.78, 5) is 11.8. The highest BCUT2D eigenvalue weighted by Crippen LogP contribution is 2.22. The van der Waals surface area contributed by atoms with Crippen molar-refractivity contribution in [1.29, 1.82) is 0 Å². The fraction of sp³-hybridized carbons (Fsp3) is 0.533. The van der Waals surface area contributed by atoms with Gasteiger partial charge in [0.25, 0.3) is 0 Å². The van der Waals surface area contributed by atoms with E-state index in [2.05, 4.69) is 10.6 Å². The largest absolute Gasteiger partial charge is 0.338 e. The molecule has 1 aliphatic rings. The van der Waals surface area contributed by atoms with Gasteiger partial charge in [0.2, 0.25) is 0 Å². The summed E-state index contributed by atoms with van der Waals surface area (Å²) in [5.41, 5.74) is 7.84. The molecule has 0 saturated heterocycles. The number of hydrogen-bond donors (Lipinski definition) is 3. The molecular formula is C15H23N3O. The zero-order valence-corrected chi connectivity index (χ0v) is 11.5. The van der Waals surface area contributed by atoms with E-state index in [9.17, 15) is 4.79 Å².